The van der Waals surface area contributed by atoms with Gasteiger partial charge in [-0.1, -0.05) is 12.1 Å². The Morgan fingerprint density at radius 3 is 3.00 bits per heavy atom. The van der Waals surface area contributed by atoms with Crippen molar-refractivity contribution in [1.82, 2.24) is 4.90 Å². The highest BCUT2D eigenvalue weighted by atomic mass is 16.5. The van der Waals surface area contributed by atoms with Gasteiger partial charge in [-0.25, -0.2) is 0 Å². The smallest absolute Gasteiger partial charge is 0.241 e. The van der Waals surface area contributed by atoms with E-state index in [2.05, 4.69) is 10.2 Å². The number of benzene rings is 1. The number of anilines is 1. The van der Waals surface area contributed by atoms with Gasteiger partial charge < -0.3 is 15.2 Å². The van der Waals surface area contributed by atoms with Gasteiger partial charge in [-0.15, -0.1) is 0 Å². The number of nitrogens with one attached hydrogen (secondary N) is 1. The number of nitrogens with zero attached hydrogens (tertiary/aromatic N) is 1. The molecule has 0 radical (unpaired) electrons. The first-order valence-electron chi connectivity index (χ1n) is 8.53. The van der Waals surface area contributed by atoms with Gasteiger partial charge in [0.2, 0.25) is 5.91 Å². The number of carbonyl (C=O) groups excluding carboxylic acids is 1. The molecule has 0 aromatic heterocycles. The highest BCUT2D eigenvalue weighted by molar-refractivity contribution is 5.95. The number of ether oxygens (including phenoxy) is 1. The number of para-hydroxylation sites is 2. The summed E-state index contributed by atoms with van der Waals surface area (Å²) >= 11 is 0. The zero-order valence-corrected chi connectivity index (χ0v) is 14.1. The van der Waals surface area contributed by atoms with Crippen molar-refractivity contribution in [2.45, 2.75) is 39.2 Å². The lowest BCUT2D eigenvalue weighted by Gasteiger charge is -2.36. The summed E-state index contributed by atoms with van der Waals surface area (Å²) in [5.41, 5.74) is 0.718. The molecule has 2 N–H and O–H groups in total. The van der Waals surface area contributed by atoms with Gasteiger partial charge in [-0.05, 0) is 57.7 Å². The Kier molecular flexibility index (Phi) is 6.86. The van der Waals surface area contributed by atoms with Crippen molar-refractivity contribution in [3.8, 4) is 5.75 Å². The number of aliphatic hydroxyl groups is 1. The van der Waals surface area contributed by atoms with Crippen LogP contribution in [0.2, 0.25) is 0 Å². The second-order valence-electron chi connectivity index (χ2n) is 6.11. The van der Waals surface area contributed by atoms with Crippen molar-refractivity contribution in [3.63, 3.8) is 0 Å². The van der Waals surface area contributed by atoms with E-state index in [-0.39, 0.29) is 18.6 Å². The second kappa shape index (κ2) is 8.89. The minimum atomic E-state index is -0.189. The van der Waals surface area contributed by atoms with E-state index in [1.165, 1.54) is 0 Å². The quantitative estimate of drug-likeness (QED) is 0.810. The number of hydrogen-bond acceptors (Lipinski definition) is 4. The summed E-state index contributed by atoms with van der Waals surface area (Å²) in [6, 6.07) is 7.32. The Morgan fingerprint density at radius 2 is 2.26 bits per heavy atom. The van der Waals surface area contributed by atoms with Gasteiger partial charge in [0.15, 0.2) is 0 Å². The van der Waals surface area contributed by atoms with Gasteiger partial charge in [-0.3, -0.25) is 9.69 Å². The molecule has 0 saturated carbocycles. The molecular formula is C18H28N2O3. The summed E-state index contributed by atoms with van der Waals surface area (Å²) in [4.78, 5) is 14.8. The molecule has 128 valence electrons. The predicted octanol–water partition coefficient (Wildman–Crippen LogP) is 2.51. The van der Waals surface area contributed by atoms with E-state index in [0.29, 0.717) is 18.3 Å². The lowest BCUT2D eigenvalue weighted by atomic mass is 9.94. The average Bonchev–Trinajstić information content (AvgIpc) is 2.57. The highest BCUT2D eigenvalue weighted by Crippen LogP contribution is 2.25. The summed E-state index contributed by atoms with van der Waals surface area (Å²) < 4.78 is 5.56. The van der Waals surface area contributed by atoms with Crippen LogP contribution in [0.5, 0.6) is 5.75 Å². The average molecular weight is 320 g/mol. The summed E-state index contributed by atoms with van der Waals surface area (Å²) in [5, 5.41) is 12.1. The predicted molar refractivity (Wildman–Crippen MR) is 91.7 cm³/mol. The molecule has 5 heteroatoms. The molecular weight excluding hydrogens is 292 g/mol. The lowest BCUT2D eigenvalue weighted by Crippen LogP contribution is -2.47. The molecule has 1 amide bonds. The molecule has 2 rings (SSSR count). The Morgan fingerprint density at radius 1 is 1.48 bits per heavy atom. The van der Waals surface area contributed by atoms with Gasteiger partial charge in [0.25, 0.3) is 0 Å². The van der Waals surface area contributed by atoms with Crippen LogP contribution in [-0.4, -0.2) is 48.3 Å². The third kappa shape index (κ3) is 4.94. The van der Waals surface area contributed by atoms with Crippen LogP contribution < -0.4 is 10.1 Å². The fourth-order valence-electron chi connectivity index (χ4n) is 3.12. The first-order valence-corrected chi connectivity index (χ1v) is 8.53. The van der Waals surface area contributed by atoms with E-state index < -0.39 is 0 Å². The van der Waals surface area contributed by atoms with Crippen LogP contribution in [0.4, 0.5) is 5.69 Å². The highest BCUT2D eigenvalue weighted by Gasteiger charge is 2.27. The van der Waals surface area contributed by atoms with E-state index in [1.54, 1.807) is 0 Å². The minimum Gasteiger partial charge on any atom is -0.492 e. The number of hydrogen-bond donors (Lipinski definition) is 2. The van der Waals surface area contributed by atoms with Gasteiger partial charge >= 0.3 is 0 Å². The number of aliphatic hydroxyl groups excluding tert-OH is 1. The van der Waals surface area contributed by atoms with Crippen molar-refractivity contribution in [3.05, 3.63) is 24.3 Å². The third-order valence-corrected chi connectivity index (χ3v) is 4.46. The van der Waals surface area contributed by atoms with Crippen LogP contribution in [0.3, 0.4) is 0 Å². The number of amides is 1. The van der Waals surface area contributed by atoms with Crippen LogP contribution in [0, 0.1) is 5.92 Å². The van der Waals surface area contributed by atoms with E-state index in [1.807, 2.05) is 38.1 Å². The number of likely N-dealkylation sites (tertiary alicyclic amines) is 1. The van der Waals surface area contributed by atoms with E-state index in [9.17, 15) is 4.79 Å². The Labute approximate surface area is 138 Å². The van der Waals surface area contributed by atoms with Crippen molar-refractivity contribution < 1.29 is 14.6 Å². The summed E-state index contributed by atoms with van der Waals surface area (Å²) in [6.07, 6.45) is 3.04. The van der Waals surface area contributed by atoms with Gasteiger partial charge in [-0.2, -0.15) is 0 Å². The molecule has 1 heterocycles. The molecule has 23 heavy (non-hydrogen) atoms. The van der Waals surface area contributed by atoms with Crippen LogP contribution >= 0.6 is 0 Å². The largest absolute Gasteiger partial charge is 0.492 e. The molecule has 1 aromatic carbocycles. The topological polar surface area (TPSA) is 61.8 Å². The van der Waals surface area contributed by atoms with Crippen molar-refractivity contribution >= 4 is 11.6 Å². The normalized spacial score (nSPS) is 20.0. The Bertz CT molecular complexity index is 505. The number of carbonyl (C=O) groups is 1. The maximum atomic E-state index is 12.6. The maximum Gasteiger partial charge on any atom is 0.241 e. The molecule has 2 unspecified atom stereocenters. The van der Waals surface area contributed by atoms with Gasteiger partial charge in [0, 0.05) is 13.2 Å². The van der Waals surface area contributed by atoms with Crippen molar-refractivity contribution in [1.29, 1.82) is 0 Å². The molecule has 5 nitrogen and oxygen atoms in total. The number of rotatable bonds is 7. The molecule has 0 spiro atoms. The zero-order chi connectivity index (χ0) is 16.7. The minimum absolute atomic E-state index is 0.0122. The number of piperidine rings is 1. The van der Waals surface area contributed by atoms with Crippen LogP contribution in [-0.2, 0) is 4.79 Å². The third-order valence-electron chi connectivity index (χ3n) is 4.46. The molecule has 1 aliphatic heterocycles. The van der Waals surface area contributed by atoms with Crippen LogP contribution in [0.15, 0.2) is 24.3 Å². The molecule has 0 bridgehead atoms. The fraction of sp³-hybridized carbons (Fsp3) is 0.611. The molecule has 1 aliphatic rings. The Hall–Kier alpha value is -1.59. The lowest BCUT2D eigenvalue weighted by molar-refractivity contribution is -0.121. The standard InChI is InChI=1S/C18H28N2O3/c1-3-23-17-9-5-4-8-16(17)19-18(22)14(2)20-11-6-7-15(13-20)10-12-21/h4-5,8-9,14-15,21H,3,6-7,10-13H2,1-2H3,(H,19,22). The molecule has 1 fully saturated rings. The summed E-state index contributed by atoms with van der Waals surface area (Å²) in [5.74, 6) is 1.17. The zero-order valence-electron chi connectivity index (χ0n) is 14.1. The molecule has 0 aliphatic carbocycles. The summed E-state index contributed by atoms with van der Waals surface area (Å²) in [7, 11) is 0. The van der Waals surface area contributed by atoms with E-state index in [0.717, 1.165) is 38.0 Å². The first-order chi connectivity index (χ1) is 11.2. The van der Waals surface area contributed by atoms with Crippen LogP contribution in [0.25, 0.3) is 0 Å². The van der Waals surface area contributed by atoms with E-state index >= 15 is 0 Å². The van der Waals surface area contributed by atoms with E-state index in [4.69, 9.17) is 9.84 Å². The fourth-order valence-corrected chi connectivity index (χ4v) is 3.12. The SMILES string of the molecule is CCOc1ccccc1NC(=O)C(C)N1CCCC(CCO)C1. The molecule has 1 saturated heterocycles. The monoisotopic (exact) mass is 320 g/mol. The molecule has 2 atom stereocenters. The second-order valence-corrected chi connectivity index (χ2v) is 6.11. The van der Waals surface area contributed by atoms with Crippen molar-refractivity contribution in [2.24, 2.45) is 5.92 Å². The maximum absolute atomic E-state index is 12.6. The van der Waals surface area contributed by atoms with Gasteiger partial charge in [0.1, 0.15) is 5.75 Å². The Balaban J connectivity index is 1.97. The van der Waals surface area contributed by atoms with Gasteiger partial charge in [0.05, 0.1) is 18.3 Å². The summed E-state index contributed by atoms with van der Waals surface area (Å²) in [6.45, 7) is 6.47. The first kappa shape index (κ1) is 17.8. The van der Waals surface area contributed by atoms with Crippen LogP contribution in [0.1, 0.15) is 33.1 Å². The van der Waals surface area contributed by atoms with Crippen molar-refractivity contribution in [2.75, 3.05) is 31.6 Å². The molecule has 1 aromatic rings.